The Hall–Kier alpha value is -2.46. The van der Waals surface area contributed by atoms with Gasteiger partial charge in [0.15, 0.2) is 5.78 Å². The molecule has 4 rings (SSSR count). The van der Waals surface area contributed by atoms with Crippen molar-refractivity contribution >= 4 is 11.5 Å². The highest BCUT2D eigenvalue weighted by molar-refractivity contribution is 5.95. The third kappa shape index (κ3) is 4.11. The molecule has 3 nitrogen and oxygen atoms in total. The summed E-state index contributed by atoms with van der Waals surface area (Å²) in [5.74, 6) is -0.208. The third-order valence-corrected chi connectivity index (χ3v) is 5.55. The molecular weight excluding hydrogens is 339 g/mol. The molecule has 27 heavy (non-hydrogen) atoms. The molecule has 0 unspecified atom stereocenters. The van der Waals surface area contributed by atoms with E-state index in [1.54, 1.807) is 12.1 Å². The molecule has 0 aliphatic carbocycles. The second kappa shape index (κ2) is 8.05. The maximum atomic E-state index is 12.9. The Labute approximate surface area is 160 Å². The maximum absolute atomic E-state index is 12.9. The van der Waals surface area contributed by atoms with Gasteiger partial charge in [-0.25, -0.2) is 4.39 Å². The van der Waals surface area contributed by atoms with E-state index in [-0.39, 0.29) is 11.6 Å². The van der Waals surface area contributed by atoms with E-state index in [0.717, 1.165) is 45.4 Å². The van der Waals surface area contributed by atoms with Gasteiger partial charge in [-0.15, -0.1) is 0 Å². The standard InChI is InChI=1S/C23H25FN2O/c24-20-9-7-19(8-10-20)23(27)6-3-14-25-15-12-21(13-16-25)26-17-11-18-4-1-2-5-22(18)26/h1-2,4-5,7-10,12H,3,6,11,13-17H2. The predicted octanol–water partition coefficient (Wildman–Crippen LogP) is 4.44. The summed E-state index contributed by atoms with van der Waals surface area (Å²) < 4.78 is 12.9. The molecule has 0 N–H and O–H groups in total. The molecular formula is C23H25FN2O. The summed E-state index contributed by atoms with van der Waals surface area (Å²) in [6.45, 7) is 3.98. The lowest BCUT2D eigenvalue weighted by Gasteiger charge is -2.31. The number of carbonyl (C=O) groups excluding carboxylic acids is 1. The number of nitrogens with zero attached hydrogens (tertiary/aromatic N) is 2. The molecule has 0 aromatic heterocycles. The molecule has 2 aliphatic rings. The molecule has 0 radical (unpaired) electrons. The first-order valence-electron chi connectivity index (χ1n) is 9.76. The van der Waals surface area contributed by atoms with Crippen LogP contribution >= 0.6 is 0 Å². The Bertz CT molecular complexity index is 844. The van der Waals surface area contributed by atoms with Crippen molar-refractivity contribution in [2.24, 2.45) is 0 Å². The van der Waals surface area contributed by atoms with Crippen LogP contribution < -0.4 is 4.90 Å². The number of hydrogen-bond acceptors (Lipinski definition) is 3. The molecule has 2 aromatic carbocycles. The van der Waals surface area contributed by atoms with Crippen molar-refractivity contribution in [3.63, 3.8) is 0 Å². The molecule has 0 spiro atoms. The lowest BCUT2D eigenvalue weighted by molar-refractivity contribution is 0.0975. The van der Waals surface area contributed by atoms with Crippen molar-refractivity contribution in [2.45, 2.75) is 25.7 Å². The summed E-state index contributed by atoms with van der Waals surface area (Å²) in [6.07, 6.45) is 5.88. The van der Waals surface area contributed by atoms with Gasteiger partial charge in [-0.1, -0.05) is 24.3 Å². The van der Waals surface area contributed by atoms with Crippen LogP contribution in [0, 0.1) is 5.82 Å². The van der Waals surface area contributed by atoms with Crippen molar-refractivity contribution in [1.82, 2.24) is 4.90 Å². The molecule has 0 atom stereocenters. The van der Waals surface area contributed by atoms with Crippen LogP contribution in [-0.4, -0.2) is 36.9 Å². The first kappa shape index (κ1) is 17.9. The Kier molecular flexibility index (Phi) is 5.35. The zero-order valence-electron chi connectivity index (χ0n) is 15.5. The van der Waals surface area contributed by atoms with Crippen molar-refractivity contribution in [1.29, 1.82) is 0 Å². The summed E-state index contributed by atoms with van der Waals surface area (Å²) >= 11 is 0. The van der Waals surface area contributed by atoms with Crippen LogP contribution in [0.15, 0.2) is 60.3 Å². The van der Waals surface area contributed by atoms with Gasteiger partial charge in [0.2, 0.25) is 0 Å². The molecule has 4 heteroatoms. The second-order valence-corrected chi connectivity index (χ2v) is 7.31. The highest BCUT2D eigenvalue weighted by Gasteiger charge is 2.23. The van der Waals surface area contributed by atoms with Gasteiger partial charge in [0.05, 0.1) is 0 Å². The van der Waals surface area contributed by atoms with Crippen molar-refractivity contribution in [3.8, 4) is 0 Å². The molecule has 0 saturated heterocycles. The number of rotatable bonds is 6. The number of carbonyl (C=O) groups is 1. The number of para-hydroxylation sites is 1. The highest BCUT2D eigenvalue weighted by Crippen LogP contribution is 2.32. The normalized spacial score (nSPS) is 16.9. The smallest absolute Gasteiger partial charge is 0.162 e. The molecule has 0 amide bonds. The molecule has 2 aliphatic heterocycles. The Morgan fingerprint density at radius 1 is 1.00 bits per heavy atom. The third-order valence-electron chi connectivity index (χ3n) is 5.55. The Morgan fingerprint density at radius 2 is 1.81 bits per heavy atom. The molecule has 2 heterocycles. The van der Waals surface area contributed by atoms with Crippen LogP contribution in [0.5, 0.6) is 0 Å². The SMILES string of the molecule is O=C(CCCN1CC=C(N2CCc3ccccc32)CC1)c1ccc(F)cc1. The highest BCUT2D eigenvalue weighted by atomic mass is 19.1. The van der Waals surface area contributed by atoms with Crippen LogP contribution in [0.25, 0.3) is 0 Å². The van der Waals surface area contributed by atoms with E-state index in [2.05, 4.69) is 40.1 Å². The number of fused-ring (bicyclic) bond motifs is 1. The molecule has 0 fully saturated rings. The van der Waals surface area contributed by atoms with E-state index >= 15 is 0 Å². The van der Waals surface area contributed by atoms with Crippen molar-refractivity contribution in [2.75, 3.05) is 31.1 Å². The fourth-order valence-electron chi connectivity index (χ4n) is 4.03. The Morgan fingerprint density at radius 3 is 2.59 bits per heavy atom. The first-order chi connectivity index (χ1) is 13.2. The predicted molar refractivity (Wildman–Crippen MR) is 107 cm³/mol. The zero-order chi connectivity index (χ0) is 18.6. The van der Waals surface area contributed by atoms with Crippen molar-refractivity contribution < 1.29 is 9.18 Å². The number of benzene rings is 2. The largest absolute Gasteiger partial charge is 0.345 e. The van der Waals surface area contributed by atoms with Crippen LogP contribution in [-0.2, 0) is 6.42 Å². The minimum absolute atomic E-state index is 0.0944. The average molecular weight is 364 g/mol. The van der Waals surface area contributed by atoms with Gasteiger partial charge in [0.1, 0.15) is 5.82 Å². The van der Waals surface area contributed by atoms with E-state index in [9.17, 15) is 9.18 Å². The summed E-state index contributed by atoms with van der Waals surface area (Å²) in [4.78, 5) is 17.1. The minimum atomic E-state index is -0.303. The average Bonchev–Trinajstić information content (AvgIpc) is 3.13. The van der Waals surface area contributed by atoms with E-state index in [0.29, 0.717) is 12.0 Å². The fraction of sp³-hybridized carbons (Fsp3) is 0.348. The van der Waals surface area contributed by atoms with Crippen LogP contribution in [0.2, 0.25) is 0 Å². The van der Waals surface area contributed by atoms with E-state index in [1.165, 1.54) is 29.1 Å². The topological polar surface area (TPSA) is 23.6 Å². The Balaban J connectivity index is 1.26. The van der Waals surface area contributed by atoms with Gasteiger partial charge in [-0.05, 0) is 55.3 Å². The summed E-state index contributed by atoms with van der Waals surface area (Å²) in [6, 6.07) is 14.5. The van der Waals surface area contributed by atoms with Crippen LogP contribution in [0.3, 0.4) is 0 Å². The van der Waals surface area contributed by atoms with E-state index < -0.39 is 0 Å². The van der Waals surface area contributed by atoms with Gasteiger partial charge >= 0.3 is 0 Å². The zero-order valence-corrected chi connectivity index (χ0v) is 15.5. The number of hydrogen-bond donors (Lipinski definition) is 0. The van der Waals surface area contributed by atoms with Gasteiger partial charge in [-0.3, -0.25) is 9.69 Å². The lowest BCUT2D eigenvalue weighted by atomic mass is 10.1. The lowest BCUT2D eigenvalue weighted by Crippen LogP contribution is -2.34. The minimum Gasteiger partial charge on any atom is -0.345 e. The first-order valence-corrected chi connectivity index (χ1v) is 9.76. The second-order valence-electron chi connectivity index (χ2n) is 7.31. The molecule has 2 aromatic rings. The quantitative estimate of drug-likeness (QED) is 0.708. The van der Waals surface area contributed by atoms with Crippen LogP contribution in [0.4, 0.5) is 10.1 Å². The number of anilines is 1. The van der Waals surface area contributed by atoms with Gasteiger partial charge in [0.25, 0.3) is 0 Å². The van der Waals surface area contributed by atoms with E-state index in [4.69, 9.17) is 0 Å². The number of halogens is 1. The number of Topliss-reactive ketones (excluding diaryl/α,β-unsaturated/α-hetero) is 1. The molecule has 0 bridgehead atoms. The summed E-state index contributed by atoms with van der Waals surface area (Å²) in [7, 11) is 0. The fourth-order valence-corrected chi connectivity index (χ4v) is 4.03. The van der Waals surface area contributed by atoms with Gasteiger partial charge in [0, 0.05) is 49.4 Å². The van der Waals surface area contributed by atoms with Gasteiger partial charge < -0.3 is 4.90 Å². The summed E-state index contributed by atoms with van der Waals surface area (Å²) in [5, 5.41) is 0. The van der Waals surface area contributed by atoms with Crippen molar-refractivity contribution in [3.05, 3.63) is 77.2 Å². The van der Waals surface area contributed by atoms with Crippen LogP contribution in [0.1, 0.15) is 35.2 Å². The maximum Gasteiger partial charge on any atom is 0.162 e. The summed E-state index contributed by atoms with van der Waals surface area (Å²) in [5.41, 5.74) is 4.84. The van der Waals surface area contributed by atoms with Gasteiger partial charge in [-0.2, -0.15) is 0 Å². The van der Waals surface area contributed by atoms with E-state index in [1.807, 2.05) is 0 Å². The molecule has 0 saturated carbocycles. The monoisotopic (exact) mass is 364 g/mol. The number of ketones is 1. The molecule has 140 valence electrons.